The fourth-order valence-corrected chi connectivity index (χ4v) is 4.05. The molecule has 1 aliphatic rings. The summed E-state index contributed by atoms with van der Waals surface area (Å²) in [7, 11) is 0. The molecular weight excluding hydrogens is 435 g/mol. The van der Waals surface area contributed by atoms with Crippen LogP contribution in [0.2, 0.25) is 0 Å². The van der Waals surface area contributed by atoms with Gasteiger partial charge in [-0.15, -0.1) is 0 Å². The molecule has 0 saturated carbocycles. The highest BCUT2D eigenvalue weighted by atomic mass is 79.9. The highest BCUT2D eigenvalue weighted by Crippen LogP contribution is 2.24. The molecule has 0 bridgehead atoms. The third-order valence-corrected chi connectivity index (χ3v) is 5.74. The van der Waals surface area contributed by atoms with Crippen LogP contribution in [0.25, 0.3) is 10.8 Å². The summed E-state index contributed by atoms with van der Waals surface area (Å²) < 4.78 is 19.9. The lowest BCUT2D eigenvalue weighted by Crippen LogP contribution is -2.49. The zero-order valence-corrected chi connectivity index (χ0v) is 17.7. The van der Waals surface area contributed by atoms with E-state index in [0.29, 0.717) is 6.54 Å². The van der Waals surface area contributed by atoms with Crippen molar-refractivity contribution in [2.75, 3.05) is 44.2 Å². The first kappa shape index (κ1) is 20.1. The number of benzene rings is 3. The van der Waals surface area contributed by atoms with Crippen molar-refractivity contribution in [3.05, 3.63) is 71.0 Å². The summed E-state index contributed by atoms with van der Waals surface area (Å²) in [6, 6.07) is 18.7. The second-order valence-electron chi connectivity index (χ2n) is 7.38. The molecule has 4 nitrogen and oxygen atoms in total. The van der Waals surface area contributed by atoms with Gasteiger partial charge in [0.05, 0.1) is 0 Å². The number of β-amino-alcohol motifs (C(OH)–C–C–N with tert-alkyl or cyclic N) is 1. The lowest BCUT2D eigenvalue weighted by atomic mass is 10.1. The monoisotopic (exact) mass is 458 g/mol. The maximum absolute atomic E-state index is 13.1. The minimum Gasteiger partial charge on any atom is -0.491 e. The second kappa shape index (κ2) is 9.11. The second-order valence-corrected chi connectivity index (χ2v) is 8.30. The maximum atomic E-state index is 13.1. The number of aliphatic hydroxyl groups excluding tert-OH is 1. The van der Waals surface area contributed by atoms with Crippen LogP contribution in [0.3, 0.4) is 0 Å². The van der Waals surface area contributed by atoms with Crippen LogP contribution in [0.1, 0.15) is 0 Å². The van der Waals surface area contributed by atoms with E-state index in [1.165, 1.54) is 12.1 Å². The van der Waals surface area contributed by atoms with E-state index in [9.17, 15) is 9.50 Å². The highest BCUT2D eigenvalue weighted by Gasteiger charge is 2.20. The first-order valence-electron chi connectivity index (χ1n) is 9.80. The number of aliphatic hydroxyl groups is 1. The minimum absolute atomic E-state index is 0.213. The van der Waals surface area contributed by atoms with Crippen molar-refractivity contribution in [3.63, 3.8) is 0 Å². The quantitative estimate of drug-likeness (QED) is 0.597. The van der Waals surface area contributed by atoms with Gasteiger partial charge in [-0.3, -0.25) is 4.90 Å². The number of hydrogen-bond donors (Lipinski definition) is 1. The number of nitrogens with zero attached hydrogens (tertiary/aromatic N) is 2. The number of fused-ring (bicyclic) bond motifs is 1. The maximum Gasteiger partial charge on any atom is 0.123 e. The average molecular weight is 459 g/mol. The van der Waals surface area contributed by atoms with Gasteiger partial charge >= 0.3 is 0 Å². The molecule has 6 heteroatoms. The van der Waals surface area contributed by atoms with Crippen LogP contribution in [0.15, 0.2) is 65.1 Å². The molecule has 1 heterocycles. The van der Waals surface area contributed by atoms with Crippen molar-refractivity contribution in [1.29, 1.82) is 0 Å². The summed E-state index contributed by atoms with van der Waals surface area (Å²) in [5.41, 5.74) is 1.04. The Hall–Kier alpha value is -2.15. The van der Waals surface area contributed by atoms with Crippen LogP contribution in [-0.4, -0.2) is 55.4 Å². The molecule has 0 amide bonds. The van der Waals surface area contributed by atoms with Crippen LogP contribution < -0.4 is 9.64 Å². The van der Waals surface area contributed by atoms with E-state index in [1.54, 1.807) is 0 Å². The van der Waals surface area contributed by atoms with Gasteiger partial charge in [-0.25, -0.2) is 4.39 Å². The third-order valence-electron chi connectivity index (χ3n) is 5.25. The Morgan fingerprint density at radius 1 is 0.931 bits per heavy atom. The number of hydrogen-bond acceptors (Lipinski definition) is 4. The molecule has 1 atom stereocenters. The smallest absolute Gasteiger partial charge is 0.123 e. The minimum atomic E-state index is -0.548. The van der Waals surface area contributed by atoms with Crippen molar-refractivity contribution >= 4 is 32.4 Å². The third kappa shape index (κ3) is 5.26. The predicted molar refractivity (Wildman–Crippen MR) is 118 cm³/mol. The molecule has 0 spiro atoms. The van der Waals surface area contributed by atoms with Crippen LogP contribution in [0.5, 0.6) is 5.75 Å². The van der Waals surface area contributed by atoms with Crippen LogP contribution in [0, 0.1) is 5.82 Å². The van der Waals surface area contributed by atoms with Crippen molar-refractivity contribution in [1.82, 2.24) is 4.90 Å². The molecule has 0 aliphatic carbocycles. The van der Waals surface area contributed by atoms with Gasteiger partial charge in [0, 0.05) is 42.9 Å². The number of anilines is 1. The summed E-state index contributed by atoms with van der Waals surface area (Å²) in [5.74, 6) is 0.551. The first-order chi connectivity index (χ1) is 14.1. The van der Waals surface area contributed by atoms with Crippen molar-refractivity contribution < 1.29 is 14.2 Å². The number of halogens is 2. The molecule has 29 heavy (non-hydrogen) atoms. The molecule has 1 fully saturated rings. The summed E-state index contributed by atoms with van der Waals surface area (Å²) in [5, 5.41) is 12.7. The van der Waals surface area contributed by atoms with Crippen LogP contribution in [-0.2, 0) is 0 Å². The van der Waals surface area contributed by atoms with Gasteiger partial charge < -0.3 is 14.7 Å². The molecule has 152 valence electrons. The fraction of sp³-hybridized carbons (Fsp3) is 0.304. The van der Waals surface area contributed by atoms with Gasteiger partial charge in [0.1, 0.15) is 24.3 Å². The first-order valence-corrected chi connectivity index (χ1v) is 10.6. The topological polar surface area (TPSA) is 35.9 Å². The van der Waals surface area contributed by atoms with Crippen LogP contribution in [0.4, 0.5) is 10.1 Å². The summed E-state index contributed by atoms with van der Waals surface area (Å²) in [6.45, 7) is 4.29. The zero-order chi connectivity index (χ0) is 20.2. The Morgan fingerprint density at radius 3 is 2.38 bits per heavy atom. The Balaban J connectivity index is 1.24. The Kier molecular flexibility index (Phi) is 6.33. The molecule has 0 unspecified atom stereocenters. The number of ether oxygens (including phenoxy) is 1. The van der Waals surface area contributed by atoms with Gasteiger partial charge in [-0.1, -0.05) is 28.1 Å². The van der Waals surface area contributed by atoms with E-state index in [4.69, 9.17) is 4.74 Å². The molecule has 1 N–H and O–H groups in total. The molecular formula is C23H24BrFN2O2. The standard InChI is InChI=1S/C23H24BrFN2O2/c24-19-3-1-18-14-23(8-2-17(18)13-19)29-16-22(28)15-26-9-11-27(12-10-26)21-6-4-20(25)5-7-21/h1-8,13-14,22,28H,9-12,15-16H2/t22-/m0/s1. The van der Waals surface area contributed by atoms with Gasteiger partial charge in [-0.2, -0.15) is 0 Å². The van der Waals surface area contributed by atoms with Gasteiger partial charge in [0.2, 0.25) is 0 Å². The van der Waals surface area contributed by atoms with Gasteiger partial charge in [-0.05, 0) is 59.3 Å². The largest absolute Gasteiger partial charge is 0.491 e. The van der Waals surface area contributed by atoms with E-state index >= 15 is 0 Å². The summed E-state index contributed by atoms with van der Waals surface area (Å²) >= 11 is 3.48. The number of rotatable bonds is 6. The normalized spacial score (nSPS) is 16.2. The Morgan fingerprint density at radius 2 is 1.62 bits per heavy atom. The van der Waals surface area contributed by atoms with Crippen molar-refractivity contribution in [2.24, 2.45) is 0 Å². The van der Waals surface area contributed by atoms with Gasteiger partial charge in [0.25, 0.3) is 0 Å². The summed E-state index contributed by atoms with van der Waals surface area (Å²) in [4.78, 5) is 4.48. The Labute approximate surface area is 178 Å². The molecule has 3 aromatic rings. The molecule has 0 aromatic heterocycles. The van der Waals surface area contributed by atoms with Gasteiger partial charge in [0.15, 0.2) is 0 Å². The van der Waals surface area contributed by atoms with Crippen molar-refractivity contribution in [3.8, 4) is 5.75 Å². The van der Waals surface area contributed by atoms with E-state index < -0.39 is 6.10 Å². The van der Waals surface area contributed by atoms with Crippen molar-refractivity contribution in [2.45, 2.75) is 6.10 Å². The molecule has 1 saturated heterocycles. The zero-order valence-electron chi connectivity index (χ0n) is 16.1. The van der Waals surface area contributed by atoms with Crippen LogP contribution >= 0.6 is 15.9 Å². The van der Waals surface area contributed by atoms with E-state index in [1.807, 2.05) is 42.5 Å². The number of piperazine rings is 1. The SMILES string of the molecule is O[C@H](COc1ccc2cc(Br)ccc2c1)CN1CCN(c2ccc(F)cc2)CC1. The van der Waals surface area contributed by atoms with E-state index in [-0.39, 0.29) is 12.4 Å². The molecule has 4 rings (SSSR count). The summed E-state index contributed by atoms with van der Waals surface area (Å²) in [6.07, 6.45) is -0.548. The van der Waals surface area contributed by atoms with E-state index in [0.717, 1.165) is 52.9 Å². The molecule has 0 radical (unpaired) electrons. The Bertz CT molecular complexity index is 959. The lowest BCUT2D eigenvalue weighted by Gasteiger charge is -2.36. The average Bonchev–Trinajstić information content (AvgIpc) is 2.73. The molecule has 1 aliphatic heterocycles. The predicted octanol–water partition coefficient (Wildman–Crippen LogP) is 4.30. The molecule has 3 aromatic carbocycles. The highest BCUT2D eigenvalue weighted by molar-refractivity contribution is 9.10. The fourth-order valence-electron chi connectivity index (χ4n) is 3.67. The van der Waals surface area contributed by atoms with E-state index in [2.05, 4.69) is 31.8 Å². The lowest BCUT2D eigenvalue weighted by molar-refractivity contribution is 0.0663.